The Balaban J connectivity index is 1.25. The van der Waals surface area contributed by atoms with Crippen LogP contribution in [0.5, 0.6) is 0 Å². The summed E-state index contributed by atoms with van der Waals surface area (Å²) in [5.41, 5.74) is 4.89. The molecule has 0 unspecified atom stereocenters. The lowest BCUT2D eigenvalue weighted by molar-refractivity contribution is -0.384. The number of carbonyl (C=O) groups is 1. The molecule has 0 atom stereocenters. The molecule has 0 saturated carbocycles. The van der Waals surface area contributed by atoms with Crippen molar-refractivity contribution in [2.75, 3.05) is 67.1 Å². The van der Waals surface area contributed by atoms with Crippen molar-refractivity contribution in [2.24, 2.45) is 0 Å². The lowest BCUT2D eigenvalue weighted by atomic mass is 10.0. The monoisotopic (exact) mass is 513 g/mol. The fourth-order valence-electron chi connectivity index (χ4n) is 5.32. The molecule has 2 saturated heterocycles. The number of anilines is 3. The number of benzene rings is 3. The highest BCUT2D eigenvalue weighted by molar-refractivity contribution is 5.94. The van der Waals surface area contributed by atoms with Crippen LogP contribution < -0.4 is 14.7 Å². The van der Waals surface area contributed by atoms with Crippen LogP contribution in [-0.2, 0) is 0 Å². The molecule has 3 aromatic carbocycles. The first-order valence-corrected chi connectivity index (χ1v) is 13.4. The lowest BCUT2D eigenvalue weighted by Gasteiger charge is -2.38. The minimum Gasteiger partial charge on any atom is -0.368 e. The number of hydrogen-bond acceptors (Lipinski definition) is 6. The molecule has 8 heteroatoms. The SMILES string of the molecule is CC(C)c1ccc(C(=O)N2CCN(c3ccc([N+](=O)[O-])c(N4CCN(c5ccccc5)CC4)c3)CC2)cc1. The Labute approximate surface area is 224 Å². The molecule has 198 valence electrons. The summed E-state index contributed by atoms with van der Waals surface area (Å²) >= 11 is 0. The van der Waals surface area contributed by atoms with Crippen LogP contribution in [0.1, 0.15) is 35.7 Å². The quantitative estimate of drug-likeness (QED) is 0.341. The van der Waals surface area contributed by atoms with Gasteiger partial charge in [0.25, 0.3) is 11.6 Å². The highest BCUT2D eigenvalue weighted by Gasteiger charge is 2.27. The molecule has 5 rings (SSSR count). The van der Waals surface area contributed by atoms with Gasteiger partial charge < -0.3 is 19.6 Å². The minimum absolute atomic E-state index is 0.0561. The summed E-state index contributed by atoms with van der Waals surface area (Å²) in [6, 6.07) is 23.6. The average molecular weight is 514 g/mol. The molecule has 0 N–H and O–H groups in total. The van der Waals surface area contributed by atoms with E-state index in [2.05, 4.69) is 40.7 Å². The van der Waals surface area contributed by atoms with Gasteiger partial charge >= 0.3 is 0 Å². The summed E-state index contributed by atoms with van der Waals surface area (Å²) in [4.78, 5) is 33.2. The lowest BCUT2D eigenvalue weighted by Crippen LogP contribution is -2.49. The zero-order chi connectivity index (χ0) is 26.6. The van der Waals surface area contributed by atoms with E-state index in [1.165, 1.54) is 11.3 Å². The van der Waals surface area contributed by atoms with Gasteiger partial charge in [-0.2, -0.15) is 0 Å². The summed E-state index contributed by atoms with van der Waals surface area (Å²) in [6.07, 6.45) is 0. The highest BCUT2D eigenvalue weighted by Crippen LogP contribution is 2.34. The molecule has 2 aliphatic heterocycles. The van der Waals surface area contributed by atoms with Gasteiger partial charge in [-0.15, -0.1) is 0 Å². The van der Waals surface area contributed by atoms with E-state index in [1.54, 1.807) is 6.07 Å². The number of rotatable bonds is 6. The van der Waals surface area contributed by atoms with E-state index in [1.807, 2.05) is 59.5 Å². The van der Waals surface area contributed by atoms with Gasteiger partial charge in [0.2, 0.25) is 0 Å². The zero-order valence-corrected chi connectivity index (χ0v) is 22.1. The number of nitrogens with zero attached hydrogens (tertiary/aromatic N) is 5. The summed E-state index contributed by atoms with van der Waals surface area (Å²) in [5.74, 6) is 0.489. The molecule has 0 aliphatic carbocycles. The van der Waals surface area contributed by atoms with Crippen molar-refractivity contribution in [1.82, 2.24) is 4.90 Å². The molecule has 0 radical (unpaired) electrons. The van der Waals surface area contributed by atoms with Gasteiger partial charge in [0.05, 0.1) is 4.92 Å². The van der Waals surface area contributed by atoms with Crippen LogP contribution in [0.3, 0.4) is 0 Å². The molecule has 2 heterocycles. The zero-order valence-electron chi connectivity index (χ0n) is 22.1. The highest BCUT2D eigenvalue weighted by atomic mass is 16.6. The topological polar surface area (TPSA) is 73.2 Å². The molecular formula is C30H35N5O3. The van der Waals surface area contributed by atoms with E-state index in [0.717, 1.165) is 37.4 Å². The molecule has 0 bridgehead atoms. The molecule has 0 aromatic heterocycles. The molecule has 2 aliphatic rings. The molecular weight excluding hydrogens is 478 g/mol. The summed E-state index contributed by atoms with van der Waals surface area (Å²) in [5, 5.41) is 11.9. The van der Waals surface area contributed by atoms with Crippen molar-refractivity contribution in [3.05, 3.63) is 94.0 Å². The Morgan fingerprint density at radius 2 is 1.32 bits per heavy atom. The number of hydrogen-bond donors (Lipinski definition) is 0. The van der Waals surface area contributed by atoms with Crippen LogP contribution in [0.4, 0.5) is 22.7 Å². The first-order chi connectivity index (χ1) is 18.4. The molecule has 2 fully saturated rings. The van der Waals surface area contributed by atoms with Gasteiger partial charge in [-0.3, -0.25) is 14.9 Å². The summed E-state index contributed by atoms with van der Waals surface area (Å²) < 4.78 is 0. The third kappa shape index (κ3) is 5.44. The van der Waals surface area contributed by atoms with Gasteiger partial charge in [-0.25, -0.2) is 0 Å². The van der Waals surface area contributed by atoms with Crippen molar-refractivity contribution in [3.63, 3.8) is 0 Å². The van der Waals surface area contributed by atoms with Crippen molar-refractivity contribution in [3.8, 4) is 0 Å². The predicted octanol–water partition coefficient (Wildman–Crippen LogP) is 5.01. The maximum absolute atomic E-state index is 13.1. The number of nitro benzene ring substituents is 1. The molecule has 0 spiro atoms. The third-order valence-corrected chi connectivity index (χ3v) is 7.65. The first kappa shape index (κ1) is 25.6. The molecule has 38 heavy (non-hydrogen) atoms. The second kappa shape index (κ2) is 11.1. The Morgan fingerprint density at radius 1 is 0.737 bits per heavy atom. The largest absolute Gasteiger partial charge is 0.368 e. The third-order valence-electron chi connectivity index (χ3n) is 7.65. The van der Waals surface area contributed by atoms with E-state index < -0.39 is 0 Å². The van der Waals surface area contributed by atoms with E-state index >= 15 is 0 Å². The maximum atomic E-state index is 13.1. The van der Waals surface area contributed by atoms with E-state index in [9.17, 15) is 14.9 Å². The second-order valence-electron chi connectivity index (χ2n) is 10.3. The summed E-state index contributed by atoms with van der Waals surface area (Å²) in [6.45, 7) is 9.96. The van der Waals surface area contributed by atoms with Crippen LogP contribution >= 0.6 is 0 Å². The fraction of sp³-hybridized carbons (Fsp3) is 0.367. The number of nitro groups is 1. The number of piperazine rings is 2. The Hall–Kier alpha value is -4.07. The first-order valence-electron chi connectivity index (χ1n) is 13.4. The van der Waals surface area contributed by atoms with Gasteiger partial charge in [0.1, 0.15) is 5.69 Å². The summed E-state index contributed by atoms with van der Waals surface area (Å²) in [7, 11) is 0. The second-order valence-corrected chi connectivity index (χ2v) is 10.3. The van der Waals surface area contributed by atoms with Crippen LogP contribution in [0.25, 0.3) is 0 Å². The van der Waals surface area contributed by atoms with Crippen LogP contribution in [0.2, 0.25) is 0 Å². The molecule has 8 nitrogen and oxygen atoms in total. The van der Waals surface area contributed by atoms with E-state index in [-0.39, 0.29) is 16.5 Å². The Morgan fingerprint density at radius 3 is 1.92 bits per heavy atom. The van der Waals surface area contributed by atoms with E-state index in [4.69, 9.17) is 0 Å². The van der Waals surface area contributed by atoms with Crippen LogP contribution in [0.15, 0.2) is 72.8 Å². The van der Waals surface area contributed by atoms with E-state index in [0.29, 0.717) is 37.8 Å². The number of amides is 1. The van der Waals surface area contributed by atoms with Crippen molar-refractivity contribution < 1.29 is 9.72 Å². The van der Waals surface area contributed by atoms with Crippen LogP contribution in [0, 0.1) is 10.1 Å². The smallest absolute Gasteiger partial charge is 0.292 e. The Kier molecular flexibility index (Phi) is 7.49. The average Bonchev–Trinajstić information content (AvgIpc) is 2.97. The maximum Gasteiger partial charge on any atom is 0.292 e. The van der Waals surface area contributed by atoms with Crippen molar-refractivity contribution >= 4 is 28.7 Å². The standard InChI is InChI=1S/C30H35N5O3/c1-23(2)24-8-10-25(11-9-24)30(36)34-20-16-32(17-21-34)27-12-13-28(35(37)38)29(22-27)33-18-14-31(15-19-33)26-6-4-3-5-7-26/h3-13,22-23H,14-21H2,1-2H3. The minimum atomic E-state index is -0.288. The fourth-order valence-corrected chi connectivity index (χ4v) is 5.32. The molecule has 3 aromatic rings. The van der Waals surface area contributed by atoms with Crippen molar-refractivity contribution in [1.29, 1.82) is 0 Å². The normalized spacial score (nSPS) is 16.2. The number of para-hydroxylation sites is 1. The Bertz CT molecular complexity index is 1260. The van der Waals surface area contributed by atoms with Gasteiger partial charge in [0, 0.05) is 75.4 Å². The van der Waals surface area contributed by atoms with Gasteiger partial charge in [-0.1, -0.05) is 44.2 Å². The number of carbonyl (C=O) groups excluding carboxylic acids is 1. The molecule has 1 amide bonds. The van der Waals surface area contributed by atoms with Crippen molar-refractivity contribution in [2.45, 2.75) is 19.8 Å². The van der Waals surface area contributed by atoms with Crippen LogP contribution in [-0.4, -0.2) is 68.1 Å². The van der Waals surface area contributed by atoms with Gasteiger partial charge in [-0.05, 0) is 47.9 Å². The van der Waals surface area contributed by atoms with Gasteiger partial charge in [0.15, 0.2) is 0 Å². The predicted molar refractivity (Wildman–Crippen MR) is 153 cm³/mol.